The Balaban J connectivity index is 3.38. The van der Waals surface area contributed by atoms with E-state index in [0.29, 0.717) is 4.47 Å². The number of esters is 1. The molecule has 0 aliphatic heterocycles. The topological polar surface area (TPSA) is 89.9 Å². The number of aliphatic hydroxyl groups is 1. The lowest BCUT2D eigenvalue weighted by atomic mass is 10.1. The quantitative estimate of drug-likeness (QED) is 0.793. The first-order valence-electron chi connectivity index (χ1n) is 5.64. The number of aliphatic hydroxyl groups excluding tert-OH is 1. The van der Waals surface area contributed by atoms with Crippen molar-refractivity contribution in [1.29, 1.82) is 0 Å². The number of sulfone groups is 1. The third kappa shape index (κ3) is 3.71. The zero-order valence-electron chi connectivity index (χ0n) is 11.2. The van der Waals surface area contributed by atoms with Crippen molar-refractivity contribution >= 4 is 31.7 Å². The number of methoxy groups -OCH3 is 1. The molecule has 112 valence electrons. The van der Waals surface area contributed by atoms with Crippen molar-refractivity contribution in [3.8, 4) is 5.75 Å². The van der Waals surface area contributed by atoms with E-state index >= 15 is 0 Å². The number of ether oxygens (including phenoxy) is 2. The molecule has 0 aromatic heterocycles. The molecule has 1 aromatic rings. The van der Waals surface area contributed by atoms with Crippen LogP contribution in [0.2, 0.25) is 0 Å². The Morgan fingerprint density at radius 1 is 1.45 bits per heavy atom. The van der Waals surface area contributed by atoms with Gasteiger partial charge in [-0.25, -0.2) is 13.2 Å². The molecule has 0 aliphatic carbocycles. The number of benzene rings is 1. The molecule has 1 aromatic carbocycles. The number of carbonyl (C=O) groups excluding carboxylic acids is 1. The molecule has 0 radical (unpaired) electrons. The van der Waals surface area contributed by atoms with Gasteiger partial charge < -0.3 is 14.6 Å². The summed E-state index contributed by atoms with van der Waals surface area (Å²) in [5.74, 6) is -0.726. The highest BCUT2D eigenvalue weighted by Crippen LogP contribution is 2.35. The van der Waals surface area contributed by atoms with Gasteiger partial charge in [-0.05, 0) is 40.5 Å². The number of hydrogen-bond donors (Lipinski definition) is 1. The lowest BCUT2D eigenvalue weighted by Crippen LogP contribution is -2.16. The first-order valence-corrected chi connectivity index (χ1v) is 8.33. The Labute approximate surface area is 125 Å². The van der Waals surface area contributed by atoms with E-state index in [1.54, 1.807) is 6.92 Å². The molecular formula is C12H15BrO6S. The summed E-state index contributed by atoms with van der Waals surface area (Å²) in [6, 6.07) is 2.61. The Bertz CT molecular complexity index is 611. The van der Waals surface area contributed by atoms with E-state index in [0.717, 1.165) is 6.26 Å². The fourth-order valence-corrected chi connectivity index (χ4v) is 3.23. The molecule has 8 heteroatoms. The summed E-state index contributed by atoms with van der Waals surface area (Å²) in [6.45, 7) is 1.72. The van der Waals surface area contributed by atoms with E-state index in [4.69, 9.17) is 9.47 Å². The van der Waals surface area contributed by atoms with Crippen LogP contribution in [0.15, 0.2) is 21.5 Å². The highest BCUT2D eigenvalue weighted by Gasteiger charge is 2.25. The lowest BCUT2D eigenvalue weighted by molar-refractivity contribution is -0.153. The van der Waals surface area contributed by atoms with Gasteiger partial charge in [0.2, 0.25) is 0 Å². The minimum absolute atomic E-state index is 0.108. The van der Waals surface area contributed by atoms with E-state index in [-0.39, 0.29) is 22.8 Å². The van der Waals surface area contributed by atoms with Gasteiger partial charge in [0.25, 0.3) is 0 Å². The van der Waals surface area contributed by atoms with Gasteiger partial charge in [-0.2, -0.15) is 0 Å². The number of halogens is 1. The summed E-state index contributed by atoms with van der Waals surface area (Å²) in [5, 5.41) is 9.87. The van der Waals surface area contributed by atoms with Gasteiger partial charge >= 0.3 is 5.97 Å². The molecule has 1 rings (SSSR count). The summed E-state index contributed by atoms with van der Waals surface area (Å²) < 4.78 is 33.5. The molecule has 0 amide bonds. The zero-order valence-corrected chi connectivity index (χ0v) is 13.6. The largest absolute Gasteiger partial charge is 0.494 e. The molecular weight excluding hydrogens is 352 g/mol. The average molecular weight is 367 g/mol. The summed E-state index contributed by atoms with van der Waals surface area (Å²) in [6.07, 6.45) is -0.546. The van der Waals surface area contributed by atoms with Gasteiger partial charge in [0.05, 0.1) is 18.2 Å². The second kappa shape index (κ2) is 6.55. The molecule has 6 nitrogen and oxygen atoms in total. The van der Waals surface area contributed by atoms with Crippen molar-refractivity contribution in [2.75, 3.05) is 20.0 Å². The van der Waals surface area contributed by atoms with Crippen LogP contribution in [0.3, 0.4) is 0 Å². The molecule has 0 heterocycles. The van der Waals surface area contributed by atoms with Crippen LogP contribution >= 0.6 is 15.9 Å². The Morgan fingerprint density at radius 2 is 2.05 bits per heavy atom. The van der Waals surface area contributed by atoms with Crippen molar-refractivity contribution in [1.82, 2.24) is 0 Å². The van der Waals surface area contributed by atoms with Crippen molar-refractivity contribution < 1.29 is 27.8 Å². The van der Waals surface area contributed by atoms with Crippen LogP contribution in [0.4, 0.5) is 0 Å². The van der Waals surface area contributed by atoms with E-state index < -0.39 is 21.9 Å². The van der Waals surface area contributed by atoms with Crippen molar-refractivity contribution in [2.24, 2.45) is 0 Å². The molecule has 0 saturated carbocycles. The van der Waals surface area contributed by atoms with Crippen molar-refractivity contribution in [3.05, 3.63) is 22.2 Å². The van der Waals surface area contributed by atoms with Gasteiger partial charge in [-0.3, -0.25) is 0 Å². The summed E-state index contributed by atoms with van der Waals surface area (Å²) >= 11 is 3.15. The second-order valence-electron chi connectivity index (χ2n) is 3.96. The molecule has 0 aliphatic rings. The Morgan fingerprint density at radius 3 is 2.50 bits per heavy atom. The maximum atomic E-state index is 11.7. The minimum atomic E-state index is -3.58. The first kappa shape index (κ1) is 16.9. The molecule has 1 atom stereocenters. The van der Waals surface area contributed by atoms with Gasteiger partial charge in [0.1, 0.15) is 4.90 Å². The number of carbonyl (C=O) groups is 1. The van der Waals surface area contributed by atoms with Crippen molar-refractivity contribution in [3.63, 3.8) is 0 Å². The molecule has 1 N–H and O–H groups in total. The van der Waals surface area contributed by atoms with Gasteiger partial charge in [0, 0.05) is 6.26 Å². The Kier molecular flexibility index (Phi) is 5.55. The van der Waals surface area contributed by atoms with Crippen LogP contribution in [-0.4, -0.2) is 39.5 Å². The fraction of sp³-hybridized carbons (Fsp3) is 0.417. The predicted octanol–water partition coefficient (Wildman–Crippen LogP) is 1.46. The van der Waals surface area contributed by atoms with Crippen LogP contribution in [-0.2, 0) is 19.4 Å². The van der Waals surface area contributed by atoms with Gasteiger partial charge in [0.15, 0.2) is 21.7 Å². The van der Waals surface area contributed by atoms with Crippen LogP contribution in [0.5, 0.6) is 5.75 Å². The third-order valence-electron chi connectivity index (χ3n) is 2.46. The number of hydrogen-bond acceptors (Lipinski definition) is 6. The third-order valence-corrected chi connectivity index (χ3v) is 4.15. The highest BCUT2D eigenvalue weighted by atomic mass is 79.9. The van der Waals surface area contributed by atoms with Gasteiger partial charge in [-0.15, -0.1) is 0 Å². The SMILES string of the molecule is CCOC(=O)C(O)c1cc(Br)c(OC)c(S(C)(=O)=O)c1. The van der Waals surface area contributed by atoms with Gasteiger partial charge in [-0.1, -0.05) is 0 Å². The normalized spacial score (nSPS) is 12.8. The summed E-state index contributed by atoms with van der Waals surface area (Å²) in [7, 11) is -2.25. The average Bonchev–Trinajstić information content (AvgIpc) is 2.36. The van der Waals surface area contributed by atoms with E-state index in [1.807, 2.05) is 0 Å². The van der Waals surface area contributed by atoms with Crippen LogP contribution in [0, 0.1) is 0 Å². The van der Waals surface area contributed by atoms with Crippen LogP contribution < -0.4 is 4.74 Å². The minimum Gasteiger partial charge on any atom is -0.494 e. The highest BCUT2D eigenvalue weighted by molar-refractivity contribution is 9.10. The maximum Gasteiger partial charge on any atom is 0.339 e. The van der Waals surface area contributed by atoms with E-state index in [9.17, 15) is 18.3 Å². The molecule has 0 bridgehead atoms. The van der Waals surface area contributed by atoms with Crippen LogP contribution in [0.1, 0.15) is 18.6 Å². The molecule has 1 unspecified atom stereocenters. The molecule has 0 saturated heterocycles. The predicted molar refractivity (Wildman–Crippen MR) is 75.4 cm³/mol. The lowest BCUT2D eigenvalue weighted by Gasteiger charge is -2.15. The standard InChI is InChI=1S/C12H15BrO6S/c1-4-19-12(15)10(14)7-5-8(13)11(18-2)9(6-7)20(3,16)17/h5-6,10,14H,4H2,1-3H3. The smallest absolute Gasteiger partial charge is 0.339 e. The monoisotopic (exact) mass is 366 g/mol. The van der Waals surface area contributed by atoms with Crippen LogP contribution in [0.25, 0.3) is 0 Å². The summed E-state index contributed by atoms with van der Waals surface area (Å²) in [5.41, 5.74) is 0.108. The molecule has 0 fully saturated rings. The maximum absolute atomic E-state index is 11.7. The fourth-order valence-electron chi connectivity index (χ4n) is 1.58. The Hall–Kier alpha value is -1.12. The molecule has 20 heavy (non-hydrogen) atoms. The molecule has 0 spiro atoms. The second-order valence-corrected chi connectivity index (χ2v) is 6.80. The first-order chi connectivity index (χ1) is 9.22. The van der Waals surface area contributed by atoms with E-state index in [2.05, 4.69) is 15.9 Å². The zero-order chi connectivity index (χ0) is 15.5. The van der Waals surface area contributed by atoms with Crippen molar-refractivity contribution in [2.45, 2.75) is 17.9 Å². The number of rotatable bonds is 5. The summed E-state index contributed by atoms with van der Waals surface area (Å²) in [4.78, 5) is 11.4. The van der Waals surface area contributed by atoms with E-state index in [1.165, 1.54) is 19.2 Å².